The number of nitrogens with zero attached hydrogens (tertiary/aromatic N) is 2. The quantitative estimate of drug-likeness (QED) is 0.586. The maximum absolute atomic E-state index is 9.74. The molecular formula is C23H21ClN4O3. The van der Waals surface area contributed by atoms with Crippen molar-refractivity contribution in [2.75, 3.05) is 6.61 Å². The van der Waals surface area contributed by atoms with Crippen LogP contribution < -0.4 is 19.9 Å². The van der Waals surface area contributed by atoms with Gasteiger partial charge in [0.2, 0.25) is 11.8 Å². The highest BCUT2D eigenvalue weighted by Gasteiger charge is 2.34. The van der Waals surface area contributed by atoms with Crippen molar-refractivity contribution in [1.29, 1.82) is 5.26 Å². The Bertz CT molecular complexity index is 1200. The molecule has 0 amide bonds. The number of hydrogen-bond donors (Lipinski definition) is 2. The van der Waals surface area contributed by atoms with E-state index < -0.39 is 5.92 Å². The van der Waals surface area contributed by atoms with Crippen LogP contribution >= 0.6 is 11.6 Å². The van der Waals surface area contributed by atoms with Crippen LogP contribution in [-0.2, 0) is 6.61 Å². The van der Waals surface area contributed by atoms with Crippen molar-refractivity contribution in [3.8, 4) is 23.4 Å². The Morgan fingerprint density at radius 1 is 1.23 bits per heavy atom. The molecule has 7 nitrogen and oxygen atoms in total. The molecule has 0 bridgehead atoms. The Morgan fingerprint density at radius 2 is 2.03 bits per heavy atom. The molecule has 158 valence electrons. The number of hydrogen-bond acceptors (Lipinski definition) is 6. The molecule has 31 heavy (non-hydrogen) atoms. The molecule has 0 radical (unpaired) electrons. The van der Waals surface area contributed by atoms with Crippen molar-refractivity contribution >= 4 is 11.6 Å². The highest BCUT2D eigenvalue weighted by molar-refractivity contribution is 6.31. The van der Waals surface area contributed by atoms with Gasteiger partial charge in [-0.2, -0.15) is 5.26 Å². The van der Waals surface area contributed by atoms with E-state index in [2.05, 4.69) is 16.3 Å². The van der Waals surface area contributed by atoms with Gasteiger partial charge in [-0.15, -0.1) is 5.10 Å². The van der Waals surface area contributed by atoms with Crippen LogP contribution in [0.1, 0.15) is 35.2 Å². The molecule has 1 aromatic heterocycles. The zero-order valence-electron chi connectivity index (χ0n) is 17.1. The number of ether oxygens (including phenoxy) is 3. The van der Waals surface area contributed by atoms with Gasteiger partial charge < -0.3 is 19.9 Å². The van der Waals surface area contributed by atoms with Crippen molar-refractivity contribution in [2.45, 2.75) is 26.4 Å². The fourth-order valence-electron chi connectivity index (χ4n) is 3.59. The van der Waals surface area contributed by atoms with E-state index in [0.29, 0.717) is 41.2 Å². The fraction of sp³-hybridized carbons (Fsp3) is 0.217. The maximum atomic E-state index is 9.74. The van der Waals surface area contributed by atoms with Gasteiger partial charge in [0.25, 0.3) is 0 Å². The second-order valence-corrected chi connectivity index (χ2v) is 7.42. The number of aryl methyl sites for hydroxylation is 1. The number of allylic oxidation sites excluding steroid dienone is 1. The fourth-order valence-corrected chi connectivity index (χ4v) is 3.78. The third-order valence-electron chi connectivity index (χ3n) is 5.07. The number of fused-ring (bicyclic) bond motifs is 1. The van der Waals surface area contributed by atoms with Crippen LogP contribution in [0.3, 0.4) is 0 Å². The van der Waals surface area contributed by atoms with E-state index >= 15 is 0 Å². The first-order valence-electron chi connectivity index (χ1n) is 9.78. The van der Waals surface area contributed by atoms with E-state index in [1.54, 1.807) is 0 Å². The Morgan fingerprint density at radius 3 is 2.77 bits per heavy atom. The molecule has 0 aliphatic carbocycles. The Hall–Kier alpha value is -3.63. The molecule has 1 aliphatic rings. The molecule has 0 fully saturated rings. The summed E-state index contributed by atoms with van der Waals surface area (Å²) in [5.74, 6) is 1.14. The van der Waals surface area contributed by atoms with Gasteiger partial charge in [-0.05, 0) is 37.6 Å². The zero-order valence-corrected chi connectivity index (χ0v) is 17.9. The van der Waals surface area contributed by atoms with Crippen LogP contribution in [-0.4, -0.2) is 16.8 Å². The van der Waals surface area contributed by atoms with Gasteiger partial charge in [-0.3, -0.25) is 5.10 Å². The van der Waals surface area contributed by atoms with E-state index in [1.165, 1.54) is 0 Å². The van der Waals surface area contributed by atoms with Crippen LogP contribution in [0.2, 0.25) is 5.02 Å². The summed E-state index contributed by atoms with van der Waals surface area (Å²) in [5.41, 5.74) is 9.61. The number of H-pyrrole nitrogens is 1. The molecule has 0 saturated heterocycles. The second-order valence-electron chi connectivity index (χ2n) is 7.01. The van der Waals surface area contributed by atoms with Crippen molar-refractivity contribution in [1.82, 2.24) is 10.2 Å². The lowest BCUT2D eigenvalue weighted by atomic mass is 9.84. The summed E-state index contributed by atoms with van der Waals surface area (Å²) in [4.78, 5) is 0. The van der Waals surface area contributed by atoms with Crippen LogP contribution in [0, 0.1) is 18.3 Å². The van der Waals surface area contributed by atoms with Gasteiger partial charge in [0.05, 0.1) is 12.5 Å². The number of rotatable bonds is 6. The monoisotopic (exact) mass is 436 g/mol. The first kappa shape index (κ1) is 20.6. The molecule has 0 saturated carbocycles. The van der Waals surface area contributed by atoms with Crippen LogP contribution in [0.25, 0.3) is 0 Å². The highest BCUT2D eigenvalue weighted by Crippen LogP contribution is 2.44. The molecule has 1 atom stereocenters. The van der Waals surface area contributed by atoms with Gasteiger partial charge in [0.1, 0.15) is 18.2 Å². The van der Waals surface area contributed by atoms with E-state index in [-0.39, 0.29) is 5.88 Å². The van der Waals surface area contributed by atoms with Crippen molar-refractivity contribution in [3.05, 3.63) is 81.3 Å². The normalized spacial score (nSPS) is 15.1. The summed E-state index contributed by atoms with van der Waals surface area (Å²) >= 11 is 6.24. The lowest BCUT2D eigenvalue weighted by Crippen LogP contribution is -2.21. The lowest BCUT2D eigenvalue weighted by Gasteiger charge is -2.24. The number of nitrogens with one attached hydrogen (secondary N) is 1. The van der Waals surface area contributed by atoms with Crippen molar-refractivity contribution in [2.24, 2.45) is 5.73 Å². The predicted molar refractivity (Wildman–Crippen MR) is 116 cm³/mol. The smallest absolute Gasteiger partial charge is 0.244 e. The van der Waals surface area contributed by atoms with E-state index in [4.69, 9.17) is 31.5 Å². The largest absolute Gasteiger partial charge is 0.490 e. The molecule has 3 N–H and O–H groups in total. The molecule has 4 rings (SSSR count). The maximum Gasteiger partial charge on any atom is 0.244 e. The van der Waals surface area contributed by atoms with Crippen molar-refractivity contribution < 1.29 is 14.2 Å². The first-order chi connectivity index (χ1) is 15.0. The topological polar surface area (TPSA) is 106 Å². The Kier molecular flexibility index (Phi) is 5.74. The third kappa shape index (κ3) is 3.90. The van der Waals surface area contributed by atoms with Gasteiger partial charge in [-0.25, -0.2) is 0 Å². The summed E-state index contributed by atoms with van der Waals surface area (Å²) in [6.45, 7) is 4.54. The average Bonchev–Trinajstić information content (AvgIpc) is 3.13. The molecule has 0 unspecified atom stereocenters. The number of nitrogens with two attached hydrogens (primary N) is 1. The second kappa shape index (κ2) is 8.62. The SMILES string of the molecule is CCOc1cc([C@H]2C(C#N)=C(N)Oc3n[nH]c(C)c32)ccc1OCc1ccccc1Cl. The van der Waals surface area contributed by atoms with E-state index in [0.717, 1.165) is 22.4 Å². The standard InChI is InChI=1S/C23H21ClN4O3/c1-3-29-19-10-14(8-9-18(19)30-12-15-6-4-5-7-17(15)24)21-16(11-25)22(26)31-23-20(21)13(2)27-28-23/h4-10,21H,3,12,26H2,1-2H3,(H,27,28)/t21-/m0/s1. The van der Waals surface area contributed by atoms with Crippen LogP contribution in [0.15, 0.2) is 53.9 Å². The first-order valence-corrected chi connectivity index (χ1v) is 10.2. The van der Waals surface area contributed by atoms with Gasteiger partial charge >= 0.3 is 0 Å². The van der Waals surface area contributed by atoms with Gasteiger partial charge in [0.15, 0.2) is 11.5 Å². The summed E-state index contributed by atoms with van der Waals surface area (Å²) in [6, 6.07) is 15.3. The summed E-state index contributed by atoms with van der Waals surface area (Å²) in [5, 5.41) is 17.4. The Labute approximate surface area is 185 Å². The average molecular weight is 437 g/mol. The molecule has 2 heterocycles. The molecule has 0 spiro atoms. The number of halogens is 1. The minimum absolute atomic E-state index is 0.0449. The van der Waals surface area contributed by atoms with Gasteiger partial charge in [-0.1, -0.05) is 35.9 Å². The summed E-state index contributed by atoms with van der Waals surface area (Å²) < 4.78 is 17.4. The van der Waals surface area contributed by atoms with Crippen LogP contribution in [0.5, 0.6) is 17.4 Å². The molecular weight excluding hydrogens is 416 g/mol. The third-order valence-corrected chi connectivity index (χ3v) is 5.44. The minimum Gasteiger partial charge on any atom is -0.490 e. The summed E-state index contributed by atoms with van der Waals surface area (Å²) in [7, 11) is 0. The zero-order chi connectivity index (χ0) is 22.0. The van der Waals surface area contributed by atoms with Gasteiger partial charge in [0, 0.05) is 21.8 Å². The van der Waals surface area contributed by atoms with E-state index in [1.807, 2.05) is 56.3 Å². The highest BCUT2D eigenvalue weighted by atomic mass is 35.5. The minimum atomic E-state index is -0.427. The Balaban J connectivity index is 1.71. The summed E-state index contributed by atoms with van der Waals surface area (Å²) in [6.07, 6.45) is 0. The van der Waals surface area contributed by atoms with E-state index in [9.17, 15) is 5.26 Å². The number of aromatic amines is 1. The predicted octanol–water partition coefficient (Wildman–Crippen LogP) is 4.57. The number of aromatic nitrogens is 2. The van der Waals surface area contributed by atoms with Crippen molar-refractivity contribution in [3.63, 3.8) is 0 Å². The molecule has 3 aromatic rings. The molecule has 8 heteroatoms. The number of nitriles is 1. The van der Waals surface area contributed by atoms with Crippen LogP contribution in [0.4, 0.5) is 0 Å². The number of benzene rings is 2. The lowest BCUT2D eigenvalue weighted by molar-refractivity contribution is 0.269. The molecule has 1 aliphatic heterocycles. The molecule has 2 aromatic carbocycles.